The van der Waals surface area contributed by atoms with E-state index < -0.39 is 0 Å². The van der Waals surface area contributed by atoms with Gasteiger partial charge < -0.3 is 0 Å². The Balaban J connectivity index is 1.42. The summed E-state index contributed by atoms with van der Waals surface area (Å²) >= 11 is 0. The van der Waals surface area contributed by atoms with Crippen LogP contribution in [-0.2, 0) is 5.41 Å². The van der Waals surface area contributed by atoms with Crippen molar-refractivity contribution in [2.24, 2.45) is 0 Å². The molecule has 0 heterocycles. The molecule has 0 atom stereocenters. The minimum Gasteiger partial charge on any atom is -0.110 e. The van der Waals surface area contributed by atoms with Crippen LogP contribution in [0.25, 0.3) is 76.8 Å². The molecule has 8 aromatic carbocycles. The van der Waals surface area contributed by atoms with E-state index >= 15 is 0 Å². The highest BCUT2D eigenvalue weighted by molar-refractivity contribution is 6.71. The molecule has 53 heavy (non-hydrogen) atoms. The summed E-state index contributed by atoms with van der Waals surface area (Å²) in [5.74, 6) is 0. The van der Waals surface area contributed by atoms with Crippen LogP contribution in [0.4, 0.5) is 0 Å². The van der Waals surface area contributed by atoms with E-state index in [4.69, 9.17) is 62.8 Å². The molecule has 8 heteroatoms. The van der Waals surface area contributed by atoms with Gasteiger partial charge in [-0.15, -0.1) is 21.9 Å². The van der Waals surface area contributed by atoms with Gasteiger partial charge in [0, 0.05) is 5.41 Å². The Labute approximate surface area is 321 Å². The first-order valence-corrected chi connectivity index (χ1v) is 17.5. The quantitative estimate of drug-likeness (QED) is 0.204. The van der Waals surface area contributed by atoms with Gasteiger partial charge in [-0.3, -0.25) is 0 Å². The Hall–Kier alpha value is -4.94. The van der Waals surface area contributed by atoms with Crippen LogP contribution >= 0.6 is 0 Å². The molecule has 0 bridgehead atoms. The van der Waals surface area contributed by atoms with Gasteiger partial charge in [0.15, 0.2) is 0 Å². The molecule has 0 aromatic heterocycles. The van der Waals surface area contributed by atoms with E-state index in [1.807, 2.05) is 36.4 Å². The Kier molecular flexibility index (Phi) is 7.69. The average molecular weight is 651 g/mol. The fourth-order valence-electron chi connectivity index (χ4n) is 8.69. The minimum atomic E-state index is -0.156. The second kappa shape index (κ2) is 12.0. The van der Waals surface area contributed by atoms with Gasteiger partial charge in [0.1, 0.15) is 62.8 Å². The van der Waals surface area contributed by atoms with E-state index in [1.165, 1.54) is 22.3 Å². The maximum atomic E-state index is 7.03. The first-order chi connectivity index (χ1) is 25.4. The molecule has 0 aliphatic heterocycles. The van der Waals surface area contributed by atoms with Crippen LogP contribution in [0.3, 0.4) is 0 Å². The summed E-state index contributed by atoms with van der Waals surface area (Å²) in [6, 6.07) is 37.7. The summed E-state index contributed by atoms with van der Waals surface area (Å²) < 4.78 is 0. The highest BCUT2D eigenvalue weighted by atomic mass is 14.4. The zero-order valence-electron chi connectivity index (χ0n) is 29.5. The van der Waals surface area contributed by atoms with Crippen LogP contribution < -0.4 is 43.7 Å². The molecule has 228 valence electrons. The SMILES string of the molecule is [B]c1c([B])c([B])c2c(-c3cccc4ccccc34)c3c([B])c([B])c([B])c([B])c3c(-c3cccc(-c4ccc5c(c4)C(C)(C)c4ccccc4-5)c3)c2c1[B]. The maximum absolute atomic E-state index is 7.03. The minimum absolute atomic E-state index is 0.156. The summed E-state index contributed by atoms with van der Waals surface area (Å²) in [4.78, 5) is 0. The summed E-state index contributed by atoms with van der Waals surface area (Å²) in [5, 5.41) is 4.39. The first-order valence-electron chi connectivity index (χ1n) is 17.5. The first kappa shape index (κ1) is 33.9. The van der Waals surface area contributed by atoms with Crippen LogP contribution in [0.1, 0.15) is 25.0 Å². The molecule has 1 aliphatic rings. The molecule has 8 aromatic rings. The van der Waals surface area contributed by atoms with E-state index in [0.29, 0.717) is 32.7 Å². The van der Waals surface area contributed by atoms with Gasteiger partial charge in [-0.05, 0) is 100 Å². The third kappa shape index (κ3) is 4.73. The van der Waals surface area contributed by atoms with E-state index in [9.17, 15) is 0 Å². The van der Waals surface area contributed by atoms with Crippen molar-refractivity contribution in [3.8, 4) is 44.5 Å². The third-order valence-electron chi connectivity index (χ3n) is 11.4. The van der Waals surface area contributed by atoms with Gasteiger partial charge in [0.05, 0.1) is 0 Å². The topological polar surface area (TPSA) is 0 Å². The zero-order valence-corrected chi connectivity index (χ0v) is 29.5. The molecule has 0 spiro atoms. The molecule has 0 fully saturated rings. The van der Waals surface area contributed by atoms with E-state index in [1.54, 1.807) is 0 Å². The molecule has 16 radical (unpaired) electrons. The lowest BCUT2D eigenvalue weighted by molar-refractivity contribution is 0.660. The molecule has 9 rings (SSSR count). The molecular weight excluding hydrogens is 627 g/mol. The van der Waals surface area contributed by atoms with Crippen molar-refractivity contribution in [1.29, 1.82) is 0 Å². The van der Waals surface area contributed by atoms with E-state index in [2.05, 4.69) is 86.6 Å². The maximum Gasteiger partial charge on any atom is 0.113 e. The van der Waals surface area contributed by atoms with Gasteiger partial charge in [-0.25, -0.2) is 0 Å². The monoisotopic (exact) mass is 652 g/mol. The molecule has 0 N–H and O–H groups in total. The molecule has 1 aliphatic carbocycles. The van der Waals surface area contributed by atoms with Crippen LogP contribution in [0.5, 0.6) is 0 Å². The molecule has 0 saturated carbocycles. The fourth-order valence-corrected chi connectivity index (χ4v) is 8.69. The predicted molar refractivity (Wildman–Crippen MR) is 236 cm³/mol. The number of rotatable bonds is 3. The lowest BCUT2D eigenvalue weighted by Gasteiger charge is -2.29. The van der Waals surface area contributed by atoms with Crippen molar-refractivity contribution in [2.45, 2.75) is 19.3 Å². The van der Waals surface area contributed by atoms with Gasteiger partial charge in [0.25, 0.3) is 0 Å². The predicted octanol–water partition coefficient (Wildman–Crippen LogP) is 2.80. The fraction of sp³-hybridized carbons (Fsp3) is 0.0667. The van der Waals surface area contributed by atoms with Gasteiger partial charge >= 0.3 is 0 Å². The van der Waals surface area contributed by atoms with Crippen LogP contribution in [0.15, 0.2) is 109 Å². The van der Waals surface area contributed by atoms with Crippen molar-refractivity contribution in [3.63, 3.8) is 0 Å². The molecule has 0 nitrogen and oxygen atoms in total. The second-order valence-electron chi connectivity index (χ2n) is 14.6. The third-order valence-corrected chi connectivity index (χ3v) is 11.4. The number of hydrogen-bond donors (Lipinski definition) is 0. The molecular formula is C45H24B8. The Morgan fingerprint density at radius 1 is 0.358 bits per heavy atom. The van der Waals surface area contributed by atoms with Crippen LogP contribution in [0.2, 0.25) is 0 Å². The molecule has 0 unspecified atom stereocenters. The molecule has 0 saturated heterocycles. The van der Waals surface area contributed by atoms with Crippen LogP contribution in [-0.4, -0.2) is 62.8 Å². The van der Waals surface area contributed by atoms with Crippen molar-refractivity contribution in [2.75, 3.05) is 0 Å². The Morgan fingerprint density at radius 2 is 0.830 bits per heavy atom. The van der Waals surface area contributed by atoms with Crippen molar-refractivity contribution in [3.05, 3.63) is 120 Å². The van der Waals surface area contributed by atoms with Gasteiger partial charge in [-0.1, -0.05) is 133 Å². The largest absolute Gasteiger partial charge is 0.113 e. The highest BCUT2D eigenvalue weighted by Gasteiger charge is 2.35. The van der Waals surface area contributed by atoms with E-state index in [-0.39, 0.29) is 49.1 Å². The smallest absolute Gasteiger partial charge is 0.110 e. The number of fused-ring (bicyclic) bond motifs is 6. The summed E-state index contributed by atoms with van der Waals surface area (Å²) in [5.41, 5.74) is 11.9. The van der Waals surface area contributed by atoms with Crippen molar-refractivity contribution in [1.82, 2.24) is 0 Å². The second-order valence-corrected chi connectivity index (χ2v) is 14.6. The lowest BCUT2D eigenvalue weighted by Crippen LogP contribution is -2.50. The standard InChI is InChI=1S/C45H24B8/c1-45(2)29-16-6-5-14-26(29)27-18-17-23(20-30(27)45)22-11-7-12-24(19-22)31-33-35(39(48)43(52)41(50)37(33)46)32(28-15-8-10-21-9-3-4-13-25(21)28)36-34(31)38(47)42(51)44(53)40(36)49/h3-20H,1-2H3. The van der Waals surface area contributed by atoms with Crippen molar-refractivity contribution >= 4 is 139 Å². The van der Waals surface area contributed by atoms with Gasteiger partial charge in [0.2, 0.25) is 0 Å². The Bertz CT molecular complexity index is 2820. The average Bonchev–Trinajstić information content (AvgIpc) is 3.41. The number of hydrogen-bond acceptors (Lipinski definition) is 0. The van der Waals surface area contributed by atoms with E-state index in [0.717, 1.165) is 33.0 Å². The lowest BCUT2D eigenvalue weighted by atomic mass is 9.59. The summed E-state index contributed by atoms with van der Waals surface area (Å²) in [6.45, 7) is 4.56. The number of benzene rings is 8. The summed E-state index contributed by atoms with van der Waals surface area (Å²) in [7, 11) is 54.6. The van der Waals surface area contributed by atoms with Crippen LogP contribution in [0, 0.1) is 0 Å². The molecule has 0 amide bonds. The van der Waals surface area contributed by atoms with Crippen molar-refractivity contribution < 1.29 is 0 Å². The zero-order chi connectivity index (χ0) is 37.1. The Morgan fingerprint density at radius 3 is 1.49 bits per heavy atom. The normalized spacial score (nSPS) is 13.1. The van der Waals surface area contributed by atoms with Gasteiger partial charge in [-0.2, -0.15) is 0 Å². The highest BCUT2D eigenvalue weighted by Crippen LogP contribution is 2.50. The summed E-state index contributed by atoms with van der Waals surface area (Å²) in [6.07, 6.45) is 0.